The van der Waals surface area contributed by atoms with Gasteiger partial charge in [-0.2, -0.15) is 0 Å². The normalized spacial score (nSPS) is 23.3. The van der Waals surface area contributed by atoms with Crippen molar-refractivity contribution in [1.29, 1.82) is 0 Å². The molecule has 1 fully saturated rings. The van der Waals surface area contributed by atoms with E-state index in [9.17, 15) is 4.79 Å². The number of carbonyl (C=O) groups excluding carboxylic acids is 1. The molecule has 1 aliphatic carbocycles. The summed E-state index contributed by atoms with van der Waals surface area (Å²) in [5, 5.41) is 4.03. The van der Waals surface area contributed by atoms with E-state index >= 15 is 0 Å². The molecule has 0 saturated heterocycles. The molecule has 2 rings (SSSR count). The zero-order chi connectivity index (χ0) is 13.1. The number of nitrogens with one attached hydrogen (secondary N) is 1. The summed E-state index contributed by atoms with van der Waals surface area (Å²) in [4.78, 5) is 17.4. The van der Waals surface area contributed by atoms with E-state index in [1.165, 1.54) is 0 Å². The van der Waals surface area contributed by atoms with Gasteiger partial charge in [0.05, 0.1) is 17.2 Å². The van der Waals surface area contributed by atoms with Crippen molar-refractivity contribution in [3.8, 4) is 0 Å². The third-order valence-corrected chi connectivity index (χ3v) is 4.68. The van der Waals surface area contributed by atoms with Crippen LogP contribution >= 0.6 is 11.3 Å². The largest absolute Gasteiger partial charge is 0.351 e. The Morgan fingerprint density at radius 2 is 2.28 bits per heavy atom. The molecule has 0 unspecified atom stereocenters. The van der Waals surface area contributed by atoms with E-state index in [2.05, 4.69) is 10.3 Å². The van der Waals surface area contributed by atoms with Crippen LogP contribution in [0.1, 0.15) is 41.3 Å². The molecule has 0 aliphatic heterocycles. The molecule has 1 heterocycles. The summed E-state index contributed by atoms with van der Waals surface area (Å²) in [6.45, 7) is 4.57. The standard InChI is InChI=1S/C13H21N3OS/c1-8-12(18-9(2)16-8)7-15-13(17)6-10-4-3-5-11(10)14/h10-11H,3-7,14H2,1-2H3,(H,15,17)/t10-,11+/m0/s1. The highest BCUT2D eigenvalue weighted by Crippen LogP contribution is 2.26. The van der Waals surface area contributed by atoms with Crippen molar-refractivity contribution >= 4 is 17.2 Å². The molecule has 3 N–H and O–H groups in total. The first-order chi connectivity index (χ1) is 8.56. The van der Waals surface area contributed by atoms with Gasteiger partial charge in [0.25, 0.3) is 0 Å². The summed E-state index contributed by atoms with van der Waals surface area (Å²) in [5.41, 5.74) is 7.00. The maximum atomic E-state index is 11.9. The van der Waals surface area contributed by atoms with Gasteiger partial charge in [0.15, 0.2) is 0 Å². The van der Waals surface area contributed by atoms with Gasteiger partial charge in [0.1, 0.15) is 0 Å². The first-order valence-corrected chi connectivity index (χ1v) is 7.33. The van der Waals surface area contributed by atoms with Crippen molar-refractivity contribution in [1.82, 2.24) is 10.3 Å². The zero-order valence-corrected chi connectivity index (χ0v) is 11.8. The minimum Gasteiger partial charge on any atom is -0.351 e. The summed E-state index contributed by atoms with van der Waals surface area (Å²) in [6.07, 6.45) is 3.88. The van der Waals surface area contributed by atoms with Crippen molar-refractivity contribution in [3.63, 3.8) is 0 Å². The lowest BCUT2D eigenvalue weighted by Gasteiger charge is -2.14. The maximum absolute atomic E-state index is 11.9. The van der Waals surface area contributed by atoms with Crippen LogP contribution in [-0.2, 0) is 11.3 Å². The summed E-state index contributed by atoms with van der Waals surface area (Å²) in [6, 6.07) is 0.211. The lowest BCUT2D eigenvalue weighted by atomic mass is 10.00. The number of thiazole rings is 1. The van der Waals surface area contributed by atoms with Gasteiger partial charge in [-0.15, -0.1) is 11.3 Å². The molecule has 1 saturated carbocycles. The molecule has 0 aromatic carbocycles. The smallest absolute Gasteiger partial charge is 0.220 e. The Morgan fingerprint density at radius 3 is 2.83 bits per heavy atom. The van der Waals surface area contributed by atoms with Gasteiger partial charge in [-0.25, -0.2) is 4.98 Å². The van der Waals surface area contributed by atoms with Gasteiger partial charge in [-0.3, -0.25) is 4.79 Å². The second kappa shape index (κ2) is 5.80. The van der Waals surface area contributed by atoms with Gasteiger partial charge < -0.3 is 11.1 Å². The molecule has 0 spiro atoms. The Bertz CT molecular complexity index is 430. The van der Waals surface area contributed by atoms with E-state index < -0.39 is 0 Å². The molecular weight excluding hydrogens is 246 g/mol. The van der Waals surface area contributed by atoms with Gasteiger partial charge in [-0.1, -0.05) is 6.42 Å². The Morgan fingerprint density at radius 1 is 1.50 bits per heavy atom. The Labute approximate surface area is 112 Å². The summed E-state index contributed by atoms with van der Waals surface area (Å²) in [7, 11) is 0. The van der Waals surface area contributed by atoms with Crippen LogP contribution in [-0.4, -0.2) is 16.9 Å². The highest BCUT2D eigenvalue weighted by molar-refractivity contribution is 7.11. The Hall–Kier alpha value is -0.940. The number of hydrogen-bond donors (Lipinski definition) is 2. The topological polar surface area (TPSA) is 68.0 Å². The molecule has 100 valence electrons. The van der Waals surface area contributed by atoms with Crippen molar-refractivity contribution in [2.45, 2.75) is 52.1 Å². The zero-order valence-electron chi connectivity index (χ0n) is 11.0. The monoisotopic (exact) mass is 267 g/mol. The number of rotatable bonds is 4. The highest BCUT2D eigenvalue weighted by atomic mass is 32.1. The second-order valence-electron chi connectivity index (χ2n) is 5.08. The van der Waals surface area contributed by atoms with Gasteiger partial charge in [-0.05, 0) is 32.6 Å². The Balaban J connectivity index is 1.79. The lowest BCUT2D eigenvalue weighted by Crippen LogP contribution is -2.31. The number of aromatic nitrogens is 1. The molecular formula is C13H21N3OS. The van der Waals surface area contributed by atoms with E-state index in [1.54, 1.807) is 11.3 Å². The average Bonchev–Trinajstić information content (AvgIpc) is 2.83. The van der Waals surface area contributed by atoms with Crippen LogP contribution in [0, 0.1) is 19.8 Å². The van der Waals surface area contributed by atoms with Gasteiger partial charge in [0, 0.05) is 17.3 Å². The van der Waals surface area contributed by atoms with E-state index in [-0.39, 0.29) is 11.9 Å². The van der Waals surface area contributed by atoms with Gasteiger partial charge >= 0.3 is 0 Å². The number of aryl methyl sites for hydroxylation is 2. The first kappa shape index (κ1) is 13.5. The number of amides is 1. The fourth-order valence-corrected chi connectivity index (χ4v) is 3.42. The predicted octanol–water partition coefficient (Wildman–Crippen LogP) is 1.89. The van der Waals surface area contributed by atoms with Crippen molar-refractivity contribution in [2.75, 3.05) is 0 Å². The highest BCUT2D eigenvalue weighted by Gasteiger charge is 2.25. The minimum atomic E-state index is 0.114. The molecule has 1 aliphatic rings. The minimum absolute atomic E-state index is 0.114. The fraction of sp³-hybridized carbons (Fsp3) is 0.692. The quantitative estimate of drug-likeness (QED) is 0.875. The summed E-state index contributed by atoms with van der Waals surface area (Å²) >= 11 is 1.65. The maximum Gasteiger partial charge on any atom is 0.220 e. The van der Waals surface area contributed by atoms with Crippen LogP contribution < -0.4 is 11.1 Å². The SMILES string of the molecule is Cc1nc(C)c(CNC(=O)C[C@@H]2CCC[C@H]2N)s1. The van der Waals surface area contributed by atoms with Crippen LogP contribution in [0.3, 0.4) is 0 Å². The predicted molar refractivity (Wildman–Crippen MR) is 73.4 cm³/mol. The fourth-order valence-electron chi connectivity index (χ4n) is 2.55. The van der Waals surface area contributed by atoms with Crippen molar-refractivity contribution < 1.29 is 4.79 Å². The molecule has 1 aromatic heterocycles. The van der Waals surface area contributed by atoms with Crippen molar-refractivity contribution in [2.24, 2.45) is 11.7 Å². The van der Waals surface area contributed by atoms with Crippen LogP contribution in [0.25, 0.3) is 0 Å². The van der Waals surface area contributed by atoms with E-state index in [0.717, 1.165) is 34.8 Å². The number of nitrogens with zero attached hydrogens (tertiary/aromatic N) is 1. The molecule has 4 nitrogen and oxygen atoms in total. The molecule has 2 atom stereocenters. The average molecular weight is 267 g/mol. The van der Waals surface area contributed by atoms with Crippen molar-refractivity contribution in [3.05, 3.63) is 15.6 Å². The molecule has 1 aromatic rings. The number of carbonyl (C=O) groups is 1. The van der Waals surface area contributed by atoms with Crippen LogP contribution in [0.4, 0.5) is 0 Å². The van der Waals surface area contributed by atoms with Gasteiger partial charge in [0.2, 0.25) is 5.91 Å². The third-order valence-electron chi connectivity index (χ3n) is 3.61. The number of nitrogens with two attached hydrogens (primary N) is 1. The lowest BCUT2D eigenvalue weighted by molar-refractivity contribution is -0.122. The number of hydrogen-bond acceptors (Lipinski definition) is 4. The van der Waals surface area contributed by atoms with E-state index in [0.29, 0.717) is 18.9 Å². The summed E-state index contributed by atoms with van der Waals surface area (Å²) in [5.74, 6) is 0.483. The third kappa shape index (κ3) is 3.29. The van der Waals surface area contributed by atoms with E-state index in [1.807, 2.05) is 13.8 Å². The molecule has 18 heavy (non-hydrogen) atoms. The van der Waals surface area contributed by atoms with Crippen LogP contribution in [0.2, 0.25) is 0 Å². The van der Waals surface area contributed by atoms with Crippen LogP contribution in [0.5, 0.6) is 0 Å². The molecule has 1 amide bonds. The molecule has 0 radical (unpaired) electrons. The first-order valence-electron chi connectivity index (χ1n) is 6.51. The summed E-state index contributed by atoms with van der Waals surface area (Å²) < 4.78 is 0. The Kier molecular flexibility index (Phi) is 4.35. The second-order valence-corrected chi connectivity index (χ2v) is 6.36. The molecule has 5 heteroatoms. The molecule has 0 bridgehead atoms. The van der Waals surface area contributed by atoms with Crippen LogP contribution in [0.15, 0.2) is 0 Å². The van der Waals surface area contributed by atoms with E-state index in [4.69, 9.17) is 5.73 Å².